The molecule has 2 aromatic carbocycles. The Kier molecular flexibility index (Phi) is 5.99. The van der Waals surface area contributed by atoms with Crippen LogP contribution in [-0.4, -0.2) is 24.3 Å². The van der Waals surface area contributed by atoms with E-state index < -0.39 is 29.4 Å². The van der Waals surface area contributed by atoms with E-state index in [4.69, 9.17) is 0 Å². The monoisotopic (exact) mass is 379 g/mol. The highest BCUT2D eigenvalue weighted by molar-refractivity contribution is 6.41. The summed E-state index contributed by atoms with van der Waals surface area (Å²) in [6, 6.07) is 8.22. The molecular formula is C19H16F3NO4. The van der Waals surface area contributed by atoms with Crippen LogP contribution < -0.4 is 5.32 Å². The van der Waals surface area contributed by atoms with Gasteiger partial charge in [0.15, 0.2) is 0 Å². The van der Waals surface area contributed by atoms with E-state index in [0.29, 0.717) is 5.56 Å². The van der Waals surface area contributed by atoms with Gasteiger partial charge in [-0.2, -0.15) is 13.2 Å². The number of amides is 1. The van der Waals surface area contributed by atoms with Gasteiger partial charge in [-0.25, -0.2) is 4.79 Å². The molecule has 0 heterocycles. The molecule has 142 valence electrons. The highest BCUT2D eigenvalue weighted by atomic mass is 19.4. The van der Waals surface area contributed by atoms with E-state index in [1.54, 1.807) is 13.8 Å². The van der Waals surface area contributed by atoms with Crippen LogP contribution in [0.1, 0.15) is 38.8 Å². The molecule has 1 N–H and O–H groups in total. The first-order valence-electron chi connectivity index (χ1n) is 7.94. The highest BCUT2D eigenvalue weighted by Gasteiger charge is 2.31. The minimum atomic E-state index is -4.57. The summed E-state index contributed by atoms with van der Waals surface area (Å²) in [5.74, 6) is -2.68. The third-order valence-corrected chi connectivity index (χ3v) is 3.65. The zero-order chi connectivity index (χ0) is 20.2. The molecule has 0 atom stereocenters. The maximum absolute atomic E-state index is 12.8. The SMILES string of the molecule is CCOC(=O)C(=O)c1cc(NC(=O)c2cccc(C(F)(F)F)c2)ccc1C. The summed E-state index contributed by atoms with van der Waals surface area (Å²) in [5, 5.41) is 2.42. The molecule has 2 aromatic rings. The lowest BCUT2D eigenvalue weighted by atomic mass is 10.0. The van der Waals surface area contributed by atoms with Crippen molar-refractivity contribution in [1.29, 1.82) is 0 Å². The maximum atomic E-state index is 12.8. The zero-order valence-corrected chi connectivity index (χ0v) is 14.5. The third kappa shape index (κ3) is 4.93. The highest BCUT2D eigenvalue weighted by Crippen LogP contribution is 2.29. The number of halogens is 3. The summed E-state index contributed by atoms with van der Waals surface area (Å²) in [6.07, 6.45) is -4.57. The number of rotatable bonds is 5. The van der Waals surface area contributed by atoms with E-state index in [2.05, 4.69) is 10.1 Å². The molecule has 2 rings (SSSR count). The third-order valence-electron chi connectivity index (χ3n) is 3.65. The average molecular weight is 379 g/mol. The number of nitrogens with one attached hydrogen (secondary N) is 1. The molecule has 0 saturated carbocycles. The number of anilines is 1. The number of Topliss-reactive ketones (excluding diaryl/α,β-unsaturated/α-hetero) is 1. The molecule has 0 bridgehead atoms. The molecule has 0 spiro atoms. The van der Waals surface area contributed by atoms with Crippen LogP contribution >= 0.6 is 0 Å². The van der Waals surface area contributed by atoms with Gasteiger partial charge >= 0.3 is 12.1 Å². The van der Waals surface area contributed by atoms with E-state index in [-0.39, 0.29) is 23.4 Å². The number of carbonyl (C=O) groups is 3. The van der Waals surface area contributed by atoms with Gasteiger partial charge in [0, 0.05) is 16.8 Å². The summed E-state index contributed by atoms with van der Waals surface area (Å²) in [7, 11) is 0. The molecule has 0 fully saturated rings. The van der Waals surface area contributed by atoms with Gasteiger partial charge in [-0.3, -0.25) is 9.59 Å². The van der Waals surface area contributed by atoms with Crippen LogP contribution in [0.3, 0.4) is 0 Å². The Hall–Kier alpha value is -3.16. The van der Waals surface area contributed by atoms with Crippen LogP contribution in [0.5, 0.6) is 0 Å². The molecule has 0 aliphatic rings. The van der Waals surface area contributed by atoms with Crippen molar-refractivity contribution < 1.29 is 32.3 Å². The van der Waals surface area contributed by atoms with Crippen molar-refractivity contribution in [3.63, 3.8) is 0 Å². The molecule has 0 aromatic heterocycles. The second-order valence-corrected chi connectivity index (χ2v) is 5.61. The van der Waals surface area contributed by atoms with Crippen molar-refractivity contribution in [3.05, 3.63) is 64.7 Å². The quantitative estimate of drug-likeness (QED) is 0.484. The Bertz CT molecular complexity index is 891. The first-order chi connectivity index (χ1) is 12.6. The van der Waals surface area contributed by atoms with Gasteiger partial charge in [-0.15, -0.1) is 0 Å². The number of alkyl halides is 3. The fraction of sp³-hybridized carbons (Fsp3) is 0.211. The van der Waals surface area contributed by atoms with Crippen molar-refractivity contribution in [2.75, 3.05) is 11.9 Å². The molecule has 27 heavy (non-hydrogen) atoms. The Morgan fingerprint density at radius 2 is 1.78 bits per heavy atom. The predicted molar refractivity (Wildman–Crippen MR) is 91.5 cm³/mol. The van der Waals surface area contributed by atoms with E-state index in [1.807, 2.05) is 0 Å². The first kappa shape index (κ1) is 20.2. The Labute approximate surface area is 153 Å². The molecule has 0 unspecified atom stereocenters. The Balaban J connectivity index is 2.25. The number of esters is 1. The lowest BCUT2D eigenvalue weighted by Crippen LogP contribution is -2.19. The van der Waals surface area contributed by atoms with Gasteiger partial charge in [0.25, 0.3) is 11.7 Å². The van der Waals surface area contributed by atoms with Gasteiger partial charge < -0.3 is 10.1 Å². The molecule has 5 nitrogen and oxygen atoms in total. The second kappa shape index (κ2) is 8.03. The van der Waals surface area contributed by atoms with Crippen molar-refractivity contribution in [2.24, 2.45) is 0 Å². The zero-order valence-electron chi connectivity index (χ0n) is 14.5. The number of ketones is 1. The maximum Gasteiger partial charge on any atom is 0.416 e. The number of carbonyl (C=O) groups excluding carboxylic acids is 3. The summed E-state index contributed by atoms with van der Waals surface area (Å²) < 4.78 is 43.0. The molecule has 8 heteroatoms. The number of ether oxygens (including phenoxy) is 1. The normalized spacial score (nSPS) is 11.0. The molecule has 1 amide bonds. The van der Waals surface area contributed by atoms with Crippen LogP contribution in [0.25, 0.3) is 0 Å². The molecule has 0 radical (unpaired) electrons. The Morgan fingerprint density at radius 3 is 2.41 bits per heavy atom. The van der Waals surface area contributed by atoms with Crippen LogP contribution in [-0.2, 0) is 15.7 Å². The number of aryl methyl sites for hydroxylation is 1. The van der Waals surface area contributed by atoms with Crippen LogP contribution in [0.15, 0.2) is 42.5 Å². The van der Waals surface area contributed by atoms with Gasteiger partial charge in [0.1, 0.15) is 0 Å². The van der Waals surface area contributed by atoms with Crippen LogP contribution in [0.4, 0.5) is 18.9 Å². The predicted octanol–water partition coefficient (Wildman–Crippen LogP) is 4.01. The first-order valence-corrected chi connectivity index (χ1v) is 7.94. The lowest BCUT2D eigenvalue weighted by Gasteiger charge is -2.11. The van der Waals surface area contributed by atoms with Gasteiger partial charge in [-0.1, -0.05) is 12.1 Å². The number of benzene rings is 2. The average Bonchev–Trinajstić information content (AvgIpc) is 2.62. The fourth-order valence-corrected chi connectivity index (χ4v) is 2.29. The van der Waals surface area contributed by atoms with E-state index in [9.17, 15) is 27.6 Å². The second-order valence-electron chi connectivity index (χ2n) is 5.61. The van der Waals surface area contributed by atoms with Crippen molar-refractivity contribution in [2.45, 2.75) is 20.0 Å². The fourth-order valence-electron chi connectivity index (χ4n) is 2.29. The summed E-state index contributed by atoms with van der Waals surface area (Å²) in [4.78, 5) is 36.0. The summed E-state index contributed by atoms with van der Waals surface area (Å²) >= 11 is 0. The molecule has 0 aliphatic heterocycles. The van der Waals surface area contributed by atoms with Crippen molar-refractivity contribution in [3.8, 4) is 0 Å². The van der Waals surface area contributed by atoms with E-state index in [0.717, 1.165) is 18.2 Å². The molecule has 0 saturated heterocycles. The minimum Gasteiger partial charge on any atom is -0.460 e. The molecular weight excluding hydrogens is 363 g/mol. The van der Waals surface area contributed by atoms with Crippen molar-refractivity contribution in [1.82, 2.24) is 0 Å². The van der Waals surface area contributed by atoms with Crippen molar-refractivity contribution >= 4 is 23.3 Å². The van der Waals surface area contributed by atoms with E-state index in [1.165, 1.54) is 24.3 Å². The Morgan fingerprint density at radius 1 is 1.07 bits per heavy atom. The standard InChI is InChI=1S/C19H16F3NO4/c1-3-27-18(26)16(24)15-10-14(8-7-11(15)2)23-17(25)12-5-4-6-13(9-12)19(20,21)22/h4-10H,3H2,1-2H3,(H,23,25). The van der Waals surface area contributed by atoms with Gasteiger partial charge in [0.2, 0.25) is 0 Å². The van der Waals surface area contributed by atoms with Crippen LogP contribution in [0, 0.1) is 6.92 Å². The minimum absolute atomic E-state index is 0.0373. The largest absolute Gasteiger partial charge is 0.460 e. The van der Waals surface area contributed by atoms with Crippen LogP contribution in [0.2, 0.25) is 0 Å². The number of hydrogen-bond acceptors (Lipinski definition) is 4. The smallest absolute Gasteiger partial charge is 0.416 e. The lowest BCUT2D eigenvalue weighted by molar-refractivity contribution is -0.138. The summed E-state index contributed by atoms with van der Waals surface area (Å²) in [5.41, 5.74) is -0.447. The molecule has 0 aliphatic carbocycles. The summed E-state index contributed by atoms with van der Waals surface area (Å²) in [6.45, 7) is 3.20. The topological polar surface area (TPSA) is 72.5 Å². The van der Waals surface area contributed by atoms with E-state index >= 15 is 0 Å². The van der Waals surface area contributed by atoms with Gasteiger partial charge in [0.05, 0.1) is 12.2 Å². The number of hydrogen-bond donors (Lipinski definition) is 1. The van der Waals surface area contributed by atoms with Gasteiger partial charge in [-0.05, 0) is 49.7 Å².